The Labute approximate surface area is 396 Å². The van der Waals surface area contributed by atoms with Gasteiger partial charge in [0.1, 0.15) is 0 Å². The van der Waals surface area contributed by atoms with Crippen molar-refractivity contribution >= 4 is 74.3 Å². The highest BCUT2D eigenvalue weighted by Crippen LogP contribution is 2.53. The van der Waals surface area contributed by atoms with Crippen molar-refractivity contribution < 1.29 is 47.5 Å². The molecule has 5 aromatic rings. The average Bonchev–Trinajstić information content (AvgIpc) is 3.78. The summed E-state index contributed by atoms with van der Waals surface area (Å²) < 4.78 is 137. The number of halogens is 3. The Hall–Kier alpha value is -5.46. The highest BCUT2D eigenvalue weighted by Gasteiger charge is 2.51. The van der Waals surface area contributed by atoms with Gasteiger partial charge in [0.15, 0.2) is 0 Å². The number of allylic oxidation sites excluding steroid dienone is 6. The van der Waals surface area contributed by atoms with Crippen molar-refractivity contribution in [1.29, 1.82) is 0 Å². The first-order chi connectivity index (χ1) is 31.8. The minimum atomic E-state index is -5.96. The van der Waals surface area contributed by atoms with Gasteiger partial charge >= 0.3 is 15.5 Å². The van der Waals surface area contributed by atoms with Gasteiger partial charge in [0.25, 0.3) is 20.2 Å². The zero-order valence-corrected chi connectivity index (χ0v) is 40.8. The van der Waals surface area contributed by atoms with E-state index in [0.29, 0.717) is 41.4 Å². The fourth-order valence-corrected chi connectivity index (χ4v) is 12.4. The standard InChI is InChI=1S/C51H54F3N3O8S3/c1-49(2)44(56(30-12-14-32-66(58,59)60)42-26-22-34-16-6-8-18-36(34)46(42)49)28-24-40-38-20-10-11-21-39(38)41(48(40)55(5)68(64,65)51(52,53)54)25-29-45-50(3,4)47-37-19-9-7-17-35(37)23-27-43(47)57(45)31-13-15-33-67(61,62)63/h6-11,16-29,44H,12-15,30-33H2,1-5H3,(H,58,59,60)(H,61,62,63)/b28-24+,41-25+,45-29+. The molecule has 0 saturated carbocycles. The lowest BCUT2D eigenvalue weighted by Crippen LogP contribution is -2.40. The zero-order valence-electron chi connectivity index (χ0n) is 38.3. The van der Waals surface area contributed by atoms with E-state index in [1.54, 1.807) is 42.5 Å². The van der Waals surface area contributed by atoms with Gasteiger partial charge in [-0.05, 0) is 87.7 Å². The Balaban J connectivity index is 1.30. The predicted molar refractivity (Wildman–Crippen MR) is 265 cm³/mol. The summed E-state index contributed by atoms with van der Waals surface area (Å²) in [7, 11) is -13.5. The van der Waals surface area contributed by atoms with E-state index in [-0.39, 0.29) is 29.7 Å². The van der Waals surface area contributed by atoms with Crippen LogP contribution in [0.1, 0.15) is 75.6 Å². The first-order valence-electron chi connectivity index (χ1n) is 22.3. The molecule has 1 atom stereocenters. The first-order valence-corrected chi connectivity index (χ1v) is 27.0. The van der Waals surface area contributed by atoms with Crippen molar-refractivity contribution in [3.05, 3.63) is 155 Å². The number of anilines is 2. The molecule has 0 aromatic heterocycles. The number of alkyl halides is 3. The van der Waals surface area contributed by atoms with Crippen molar-refractivity contribution in [3.63, 3.8) is 0 Å². The molecule has 2 aliphatic heterocycles. The summed E-state index contributed by atoms with van der Waals surface area (Å²) in [6.45, 7) is 8.93. The Kier molecular flexibility index (Phi) is 12.8. The van der Waals surface area contributed by atoms with Gasteiger partial charge in [0.2, 0.25) is 0 Å². The number of likely N-dealkylation sites (N-methyl/N-ethyl adjacent to an activating group) is 1. The number of fused-ring (bicyclic) bond motifs is 7. The molecule has 2 heterocycles. The van der Waals surface area contributed by atoms with Crippen LogP contribution in [0.3, 0.4) is 0 Å². The minimum absolute atomic E-state index is 0.171. The third-order valence-corrected chi connectivity index (χ3v) is 16.7. The molecule has 0 spiro atoms. The summed E-state index contributed by atoms with van der Waals surface area (Å²) in [6.07, 6.45) is 8.17. The number of rotatable bonds is 15. The van der Waals surface area contributed by atoms with Crippen LogP contribution in [-0.4, -0.2) is 81.9 Å². The summed E-state index contributed by atoms with van der Waals surface area (Å²) in [5.74, 6) is -0.842. The van der Waals surface area contributed by atoms with Gasteiger partial charge in [-0.2, -0.15) is 38.4 Å². The van der Waals surface area contributed by atoms with Gasteiger partial charge in [-0.15, -0.1) is 0 Å². The monoisotopic (exact) mass is 989 g/mol. The fourth-order valence-electron chi connectivity index (χ4n) is 10.5. The van der Waals surface area contributed by atoms with Crippen LogP contribution in [-0.2, 0) is 41.1 Å². The molecular weight excluding hydrogens is 936 g/mol. The van der Waals surface area contributed by atoms with Crippen LogP contribution in [0.15, 0.2) is 133 Å². The van der Waals surface area contributed by atoms with E-state index in [2.05, 4.69) is 23.6 Å². The molecule has 2 N–H and O–H groups in total. The number of sulfonamides is 1. The van der Waals surface area contributed by atoms with Crippen molar-refractivity contribution in [3.8, 4) is 0 Å². The van der Waals surface area contributed by atoms with E-state index in [4.69, 9.17) is 0 Å². The quantitative estimate of drug-likeness (QED) is 0.0766. The van der Waals surface area contributed by atoms with Crippen LogP contribution >= 0.6 is 0 Å². The van der Waals surface area contributed by atoms with Crippen LogP contribution in [0, 0.1) is 0 Å². The smallest absolute Gasteiger partial charge is 0.364 e. The van der Waals surface area contributed by atoms with Crippen molar-refractivity contribution in [2.75, 3.05) is 41.4 Å². The van der Waals surface area contributed by atoms with Crippen molar-refractivity contribution in [1.82, 2.24) is 4.31 Å². The molecule has 1 aliphatic carbocycles. The first kappa shape index (κ1) is 49.0. The molecule has 17 heteroatoms. The third-order valence-electron chi connectivity index (χ3n) is 13.6. The van der Waals surface area contributed by atoms with Gasteiger partial charge in [0.05, 0.1) is 23.2 Å². The number of hydrogen-bond acceptors (Lipinski definition) is 8. The van der Waals surface area contributed by atoms with Crippen molar-refractivity contribution in [2.45, 2.75) is 75.8 Å². The summed E-state index contributed by atoms with van der Waals surface area (Å²) in [4.78, 5) is 4.19. The van der Waals surface area contributed by atoms with Crippen LogP contribution < -0.4 is 9.80 Å². The molecule has 8 rings (SSSR count). The van der Waals surface area contributed by atoms with Gasteiger partial charge in [-0.3, -0.25) is 13.4 Å². The lowest BCUT2D eigenvalue weighted by molar-refractivity contribution is -0.0473. The van der Waals surface area contributed by atoms with Gasteiger partial charge in [0, 0.05) is 59.2 Å². The highest BCUT2D eigenvalue weighted by molar-refractivity contribution is 7.90. The predicted octanol–water partition coefficient (Wildman–Crippen LogP) is 10.6. The van der Waals surface area contributed by atoms with E-state index in [1.807, 2.05) is 92.7 Å². The third kappa shape index (κ3) is 8.99. The summed E-state index contributed by atoms with van der Waals surface area (Å²) in [5, 5.41) is 3.99. The molecule has 0 amide bonds. The molecule has 0 fully saturated rings. The summed E-state index contributed by atoms with van der Waals surface area (Å²) in [6, 6.07) is 30.3. The fraction of sp³-hybridized carbons (Fsp3) is 0.333. The largest absolute Gasteiger partial charge is 0.516 e. The van der Waals surface area contributed by atoms with Gasteiger partial charge in [-0.25, -0.2) is 0 Å². The Morgan fingerprint density at radius 2 is 1.19 bits per heavy atom. The van der Waals surface area contributed by atoms with Crippen LogP contribution in [0.2, 0.25) is 0 Å². The van der Waals surface area contributed by atoms with Crippen LogP contribution in [0.25, 0.3) is 32.7 Å². The molecule has 0 bridgehead atoms. The maximum absolute atomic E-state index is 14.7. The normalized spacial score (nSPS) is 19.2. The van der Waals surface area contributed by atoms with E-state index >= 15 is 0 Å². The molecule has 1 unspecified atom stereocenters. The van der Waals surface area contributed by atoms with E-state index in [9.17, 15) is 47.5 Å². The maximum atomic E-state index is 14.7. The average molecular weight is 990 g/mol. The van der Waals surface area contributed by atoms with E-state index in [1.165, 1.54) is 0 Å². The number of unbranched alkanes of at least 4 members (excludes halogenated alkanes) is 2. The Morgan fingerprint density at radius 1 is 0.662 bits per heavy atom. The number of hydrogen-bond donors (Lipinski definition) is 2. The topological polar surface area (TPSA) is 153 Å². The second-order valence-corrected chi connectivity index (χ2v) is 23.8. The zero-order chi connectivity index (χ0) is 49.2. The summed E-state index contributed by atoms with van der Waals surface area (Å²) in [5.41, 5.74) is -1.15. The molecule has 5 aromatic carbocycles. The van der Waals surface area contributed by atoms with Crippen molar-refractivity contribution in [2.24, 2.45) is 0 Å². The van der Waals surface area contributed by atoms with Crippen LogP contribution in [0.4, 0.5) is 24.5 Å². The molecule has 360 valence electrons. The number of benzene rings is 5. The SMILES string of the molecule is CN(C1=C(/C=C/C2N(CCCCS(=O)(=O)O)c3ccc4ccccc4c3C2(C)C)c2ccccc2/C1=C\C=C1\N(CCCCS(=O)(=O)O)c2ccc3ccccc3c2C1(C)C)S(=O)(=O)C(F)(F)F. The molecule has 3 aliphatic rings. The lowest BCUT2D eigenvalue weighted by Gasteiger charge is -2.33. The van der Waals surface area contributed by atoms with E-state index in [0.717, 1.165) is 56.8 Å². The molecule has 0 saturated heterocycles. The van der Waals surface area contributed by atoms with Crippen LogP contribution in [0.5, 0.6) is 0 Å². The Morgan fingerprint density at radius 3 is 1.78 bits per heavy atom. The minimum Gasteiger partial charge on any atom is -0.364 e. The molecular formula is C51H54F3N3O8S3. The van der Waals surface area contributed by atoms with E-state index < -0.39 is 64.1 Å². The van der Waals surface area contributed by atoms with Gasteiger partial charge in [-0.1, -0.05) is 131 Å². The summed E-state index contributed by atoms with van der Waals surface area (Å²) >= 11 is 0. The highest BCUT2D eigenvalue weighted by atomic mass is 32.2. The second-order valence-electron chi connectivity index (χ2n) is 18.7. The second kappa shape index (κ2) is 17.8. The van der Waals surface area contributed by atoms with Gasteiger partial charge < -0.3 is 9.80 Å². The Bertz CT molecular complexity index is 3310. The maximum Gasteiger partial charge on any atom is 0.516 e. The lowest BCUT2D eigenvalue weighted by atomic mass is 9.78. The molecule has 0 radical (unpaired) electrons. The molecule has 11 nitrogen and oxygen atoms in total. The number of nitrogens with zero attached hydrogens (tertiary/aromatic N) is 3. The molecule has 68 heavy (non-hydrogen) atoms.